The molecule has 0 spiro atoms. The van der Waals surface area contributed by atoms with E-state index in [0.717, 1.165) is 6.92 Å². The van der Waals surface area contributed by atoms with E-state index in [9.17, 15) is 14.5 Å². The van der Waals surface area contributed by atoms with Gasteiger partial charge in [-0.25, -0.2) is 9.63 Å². The minimum Gasteiger partial charge on any atom is -0.420 e. The Labute approximate surface area is 108 Å². The van der Waals surface area contributed by atoms with Gasteiger partial charge in [-0.15, -0.1) is 0 Å². The number of hydrogen-bond donors (Lipinski definition) is 0. The van der Waals surface area contributed by atoms with E-state index in [1.807, 2.05) is 6.07 Å². The number of ketones is 1. The van der Waals surface area contributed by atoms with Gasteiger partial charge in [0.15, 0.2) is 6.61 Å². The molecule has 0 aliphatic heterocycles. The number of Topliss-reactive ketones (excluding diaryl/α,β-unsaturated/α-hetero) is 1. The van der Waals surface area contributed by atoms with Crippen LogP contribution in [0.25, 0.3) is 0 Å². The average molecular weight is 263 g/mol. The molecular weight excluding hydrogens is 252 g/mol. The molecule has 0 aliphatic carbocycles. The van der Waals surface area contributed by atoms with Crippen molar-refractivity contribution in [2.24, 2.45) is 0 Å². The van der Waals surface area contributed by atoms with Gasteiger partial charge in [-0.2, -0.15) is 5.26 Å². The van der Waals surface area contributed by atoms with Crippen molar-refractivity contribution in [3.63, 3.8) is 0 Å². The lowest BCUT2D eigenvalue weighted by Gasteiger charge is -2.01. The first-order valence-corrected chi connectivity index (χ1v) is 5.36. The van der Waals surface area contributed by atoms with Crippen molar-refractivity contribution in [1.29, 1.82) is 5.26 Å². The number of rotatable bonds is 5. The number of nitrogens with zero attached hydrogens (tertiary/aromatic N) is 2. The first kappa shape index (κ1) is 14.3. The molecular formula is C12H11N2O5+. The number of hydrogen-bond acceptors (Lipinski definition) is 6. The van der Waals surface area contributed by atoms with Gasteiger partial charge < -0.3 is 4.74 Å². The van der Waals surface area contributed by atoms with Crippen LogP contribution < -0.4 is 4.74 Å². The molecule has 0 aliphatic rings. The summed E-state index contributed by atoms with van der Waals surface area (Å²) in [5, 5.41) is 8.82. The molecule has 0 N–H and O–H groups in total. The largest absolute Gasteiger partial charge is 0.420 e. The van der Waals surface area contributed by atoms with Gasteiger partial charge in [0.05, 0.1) is 22.6 Å². The van der Waals surface area contributed by atoms with Crippen LogP contribution in [0.4, 0.5) is 5.69 Å². The molecule has 7 heteroatoms. The Morgan fingerprint density at radius 3 is 2.58 bits per heavy atom. The van der Waals surface area contributed by atoms with Crippen molar-refractivity contribution in [2.75, 3.05) is 6.61 Å². The maximum absolute atomic E-state index is 11.5. The van der Waals surface area contributed by atoms with Gasteiger partial charge in [0.1, 0.15) is 5.75 Å². The maximum atomic E-state index is 11.5. The Hall–Kier alpha value is -2.75. The van der Waals surface area contributed by atoms with Crippen molar-refractivity contribution >= 4 is 17.4 Å². The summed E-state index contributed by atoms with van der Waals surface area (Å²) >= 11 is 0. The number of benzene rings is 1. The monoisotopic (exact) mass is 263 g/mol. The maximum Gasteiger partial charge on any atom is 0.379 e. The number of carbonyl (C=O) groups excluding carboxylic acids is 2. The lowest BCUT2D eigenvalue weighted by molar-refractivity contribution is -0.744. The van der Waals surface area contributed by atoms with Gasteiger partial charge >= 0.3 is 11.7 Å². The molecule has 7 nitrogen and oxygen atoms in total. The first-order chi connectivity index (χ1) is 8.97. The van der Waals surface area contributed by atoms with Gasteiger partial charge in [0.2, 0.25) is 5.78 Å². The van der Waals surface area contributed by atoms with Gasteiger partial charge in [-0.3, -0.25) is 4.79 Å². The van der Waals surface area contributed by atoms with E-state index in [0.29, 0.717) is 0 Å². The topological polar surface area (TPSA) is 96.5 Å². The summed E-state index contributed by atoms with van der Waals surface area (Å²) in [6.45, 7) is 2.82. The molecule has 0 aromatic heterocycles. The number of nitriles is 1. The summed E-state index contributed by atoms with van der Waals surface area (Å²) < 4.78 is 4.73. The van der Waals surface area contributed by atoms with E-state index in [1.165, 1.54) is 18.2 Å². The van der Waals surface area contributed by atoms with E-state index < -0.39 is 11.8 Å². The SMILES string of the molecule is CCO[N+](=O)c1cc(C#N)cc(OC(=O)C(C)=O)c1. The third-order valence-corrected chi connectivity index (χ3v) is 1.98. The predicted octanol–water partition coefficient (Wildman–Crippen LogP) is 1.41. The quantitative estimate of drug-likeness (QED) is 0.345. The zero-order chi connectivity index (χ0) is 14.4. The van der Waals surface area contributed by atoms with Gasteiger partial charge in [0.25, 0.3) is 4.92 Å². The van der Waals surface area contributed by atoms with E-state index in [4.69, 9.17) is 14.8 Å². The van der Waals surface area contributed by atoms with Gasteiger partial charge in [-0.05, 0) is 13.0 Å². The fourth-order valence-corrected chi connectivity index (χ4v) is 1.18. The van der Waals surface area contributed by atoms with Crippen molar-refractivity contribution in [3.8, 4) is 11.8 Å². The zero-order valence-corrected chi connectivity index (χ0v) is 10.4. The predicted molar refractivity (Wildman–Crippen MR) is 62.4 cm³/mol. The Morgan fingerprint density at radius 2 is 2.05 bits per heavy atom. The fraction of sp³-hybridized carbons (Fsp3) is 0.250. The molecule has 0 radical (unpaired) electrons. The Morgan fingerprint density at radius 1 is 1.37 bits per heavy atom. The highest BCUT2D eigenvalue weighted by Gasteiger charge is 2.20. The lowest BCUT2D eigenvalue weighted by Crippen LogP contribution is -2.17. The van der Waals surface area contributed by atoms with Crippen molar-refractivity contribution in [2.45, 2.75) is 13.8 Å². The molecule has 0 atom stereocenters. The minimum atomic E-state index is -1.07. The second-order valence-corrected chi connectivity index (χ2v) is 3.45. The Kier molecular flexibility index (Phi) is 4.71. The normalized spacial score (nSPS) is 9.32. The molecule has 0 amide bonds. The molecule has 19 heavy (non-hydrogen) atoms. The van der Waals surface area contributed by atoms with Crippen LogP contribution in [-0.2, 0) is 14.4 Å². The second kappa shape index (κ2) is 6.26. The second-order valence-electron chi connectivity index (χ2n) is 3.45. The molecule has 1 aromatic rings. The highest BCUT2D eigenvalue weighted by molar-refractivity contribution is 6.33. The number of esters is 1. The summed E-state index contributed by atoms with van der Waals surface area (Å²) in [5.74, 6) is -1.93. The molecule has 0 unspecified atom stereocenters. The minimum absolute atomic E-state index is 0.00717. The first-order valence-electron chi connectivity index (χ1n) is 5.36. The van der Waals surface area contributed by atoms with Crippen molar-refractivity contribution < 1.29 is 24.1 Å². The number of ether oxygens (including phenoxy) is 1. The Bertz CT molecular complexity index is 574. The molecule has 0 fully saturated rings. The van der Waals surface area contributed by atoms with Crippen LogP contribution in [0.15, 0.2) is 18.2 Å². The van der Waals surface area contributed by atoms with E-state index >= 15 is 0 Å². The lowest BCUT2D eigenvalue weighted by atomic mass is 10.2. The molecule has 1 rings (SSSR count). The van der Waals surface area contributed by atoms with Crippen molar-refractivity contribution in [1.82, 2.24) is 0 Å². The summed E-state index contributed by atoms with van der Waals surface area (Å²) in [5.41, 5.74) is 0.0941. The highest BCUT2D eigenvalue weighted by atomic mass is 16.8. The average Bonchev–Trinajstić information content (AvgIpc) is 2.38. The van der Waals surface area contributed by atoms with Crippen LogP contribution in [0.3, 0.4) is 0 Å². The summed E-state index contributed by atoms with van der Waals surface area (Å²) in [7, 11) is 0. The third-order valence-electron chi connectivity index (χ3n) is 1.98. The van der Waals surface area contributed by atoms with Crippen molar-refractivity contribution in [3.05, 3.63) is 28.7 Å². The van der Waals surface area contributed by atoms with E-state index in [-0.39, 0.29) is 28.5 Å². The standard InChI is InChI=1S/C12H11N2O5/c1-3-18-14(17)10-4-9(7-13)5-11(6-10)19-12(16)8(2)15/h4-6H,3H2,1-2H3/q+1. The zero-order valence-electron chi connectivity index (χ0n) is 10.4. The van der Waals surface area contributed by atoms with E-state index in [2.05, 4.69) is 0 Å². The molecule has 1 aromatic carbocycles. The summed E-state index contributed by atoms with van der Waals surface area (Å²) in [4.78, 5) is 38.3. The highest BCUT2D eigenvalue weighted by Crippen LogP contribution is 2.23. The fourth-order valence-electron chi connectivity index (χ4n) is 1.18. The molecule has 0 bridgehead atoms. The van der Waals surface area contributed by atoms with Gasteiger partial charge in [0, 0.05) is 13.0 Å². The van der Waals surface area contributed by atoms with Crippen LogP contribution >= 0.6 is 0 Å². The van der Waals surface area contributed by atoms with E-state index in [1.54, 1.807) is 6.92 Å². The summed E-state index contributed by atoms with van der Waals surface area (Å²) in [6, 6.07) is 5.52. The molecule has 98 valence electrons. The van der Waals surface area contributed by atoms with Crippen LogP contribution in [-0.4, -0.2) is 23.3 Å². The molecule has 0 heterocycles. The molecule has 0 saturated carbocycles. The van der Waals surface area contributed by atoms with Gasteiger partial charge in [-0.1, -0.05) is 0 Å². The van der Waals surface area contributed by atoms with Crippen LogP contribution in [0.5, 0.6) is 5.75 Å². The van der Waals surface area contributed by atoms with Crippen LogP contribution in [0, 0.1) is 16.2 Å². The third kappa shape index (κ3) is 3.89. The number of carbonyl (C=O) groups is 2. The summed E-state index contributed by atoms with van der Waals surface area (Å²) in [6.07, 6.45) is 0. The van der Waals surface area contributed by atoms with Crippen LogP contribution in [0.1, 0.15) is 19.4 Å². The smallest absolute Gasteiger partial charge is 0.379 e. The Balaban J connectivity index is 3.09. The van der Waals surface area contributed by atoms with Crippen LogP contribution in [0.2, 0.25) is 0 Å². The molecule has 0 saturated heterocycles.